The standard InChI is InChI=1S/C26H33N3O3/c1-18-6-8-21(9-7-18)26(32)12-10-23(11-13-26)29-16-22(17-29)28-24(30)15-27-25(31)20-5-3-4-19(2)14-20/h3-9,14,22-23,32H,10-13,15-17H2,1-2H3,(H,27,31)(H,28,30)/t23-,26-. The van der Waals surface area contributed by atoms with Crippen molar-refractivity contribution in [1.29, 1.82) is 0 Å². The summed E-state index contributed by atoms with van der Waals surface area (Å²) in [5.74, 6) is -0.393. The first-order chi connectivity index (χ1) is 15.3. The highest BCUT2D eigenvalue weighted by molar-refractivity contribution is 5.96. The van der Waals surface area contributed by atoms with Gasteiger partial charge in [-0.2, -0.15) is 0 Å². The quantitative estimate of drug-likeness (QED) is 0.652. The molecule has 2 aliphatic rings. The Morgan fingerprint density at radius 2 is 1.72 bits per heavy atom. The number of amides is 2. The second-order valence-corrected chi connectivity index (χ2v) is 9.40. The topological polar surface area (TPSA) is 81.7 Å². The van der Waals surface area contributed by atoms with Crippen LogP contribution >= 0.6 is 0 Å². The Bertz CT molecular complexity index is 959. The predicted octanol–water partition coefficient (Wildman–Crippen LogP) is 2.66. The van der Waals surface area contributed by atoms with Crippen LogP contribution in [0.3, 0.4) is 0 Å². The van der Waals surface area contributed by atoms with E-state index in [4.69, 9.17) is 0 Å². The third-order valence-electron chi connectivity index (χ3n) is 6.85. The number of benzene rings is 2. The van der Waals surface area contributed by atoms with Crippen LogP contribution in [0.15, 0.2) is 48.5 Å². The van der Waals surface area contributed by atoms with E-state index in [0.717, 1.165) is 49.9 Å². The van der Waals surface area contributed by atoms with Gasteiger partial charge in [0.2, 0.25) is 5.91 Å². The van der Waals surface area contributed by atoms with Gasteiger partial charge < -0.3 is 15.7 Å². The number of likely N-dealkylation sites (tertiary alicyclic amines) is 1. The number of carbonyl (C=O) groups is 2. The van der Waals surface area contributed by atoms with Gasteiger partial charge >= 0.3 is 0 Å². The number of hydrogen-bond donors (Lipinski definition) is 3. The number of aryl methyl sites for hydroxylation is 2. The molecule has 0 atom stereocenters. The fraction of sp³-hybridized carbons (Fsp3) is 0.462. The molecule has 6 nitrogen and oxygen atoms in total. The van der Waals surface area contributed by atoms with E-state index in [9.17, 15) is 14.7 Å². The SMILES string of the molecule is Cc1ccc([C@]2(O)CC[C@H](N3CC(NC(=O)CNC(=O)c4cccc(C)c4)C3)CC2)cc1. The summed E-state index contributed by atoms with van der Waals surface area (Å²) in [6.07, 6.45) is 3.44. The van der Waals surface area contributed by atoms with Gasteiger partial charge in [0.05, 0.1) is 18.2 Å². The summed E-state index contributed by atoms with van der Waals surface area (Å²) >= 11 is 0. The zero-order valence-corrected chi connectivity index (χ0v) is 18.9. The minimum atomic E-state index is -0.724. The molecule has 0 radical (unpaired) electrons. The lowest BCUT2D eigenvalue weighted by Gasteiger charge is -2.48. The van der Waals surface area contributed by atoms with Crippen LogP contribution in [0.2, 0.25) is 0 Å². The summed E-state index contributed by atoms with van der Waals surface area (Å²) < 4.78 is 0. The van der Waals surface area contributed by atoms with Gasteiger partial charge in [-0.3, -0.25) is 14.5 Å². The fourth-order valence-electron chi connectivity index (χ4n) is 4.83. The van der Waals surface area contributed by atoms with E-state index in [0.29, 0.717) is 11.6 Å². The van der Waals surface area contributed by atoms with E-state index in [1.807, 2.05) is 31.2 Å². The number of aliphatic hydroxyl groups is 1. The summed E-state index contributed by atoms with van der Waals surface area (Å²) in [5.41, 5.74) is 3.07. The third-order valence-corrected chi connectivity index (χ3v) is 6.85. The molecule has 32 heavy (non-hydrogen) atoms. The van der Waals surface area contributed by atoms with Crippen LogP contribution in [0.1, 0.15) is 52.7 Å². The summed E-state index contributed by atoms with van der Waals surface area (Å²) in [6, 6.07) is 16.1. The molecule has 1 saturated heterocycles. The van der Waals surface area contributed by atoms with Crippen molar-refractivity contribution in [2.45, 2.75) is 57.2 Å². The lowest BCUT2D eigenvalue weighted by molar-refractivity contribution is -0.122. The Labute approximate surface area is 190 Å². The summed E-state index contributed by atoms with van der Waals surface area (Å²) in [4.78, 5) is 26.8. The van der Waals surface area contributed by atoms with Gasteiger partial charge in [-0.25, -0.2) is 0 Å². The highest BCUT2D eigenvalue weighted by Gasteiger charge is 2.40. The molecule has 1 aliphatic carbocycles. The minimum absolute atomic E-state index is 0.0176. The molecule has 6 heteroatoms. The Balaban J connectivity index is 1.17. The van der Waals surface area contributed by atoms with Crippen molar-refractivity contribution in [3.05, 3.63) is 70.8 Å². The van der Waals surface area contributed by atoms with Gasteiger partial charge in [0.15, 0.2) is 0 Å². The monoisotopic (exact) mass is 435 g/mol. The molecule has 1 heterocycles. The van der Waals surface area contributed by atoms with Crippen molar-refractivity contribution >= 4 is 11.8 Å². The predicted molar refractivity (Wildman–Crippen MR) is 124 cm³/mol. The van der Waals surface area contributed by atoms with Crippen LogP contribution in [-0.4, -0.2) is 53.5 Å². The second-order valence-electron chi connectivity index (χ2n) is 9.40. The number of carbonyl (C=O) groups excluding carboxylic acids is 2. The number of nitrogens with one attached hydrogen (secondary N) is 2. The maximum absolute atomic E-state index is 12.2. The molecule has 0 bridgehead atoms. The first kappa shape index (κ1) is 22.5. The van der Waals surface area contributed by atoms with Crippen LogP contribution in [0, 0.1) is 13.8 Å². The van der Waals surface area contributed by atoms with Gasteiger partial charge in [-0.15, -0.1) is 0 Å². The molecular weight excluding hydrogens is 402 g/mol. The molecular formula is C26H33N3O3. The maximum Gasteiger partial charge on any atom is 0.251 e. The Morgan fingerprint density at radius 3 is 2.38 bits per heavy atom. The molecule has 3 N–H and O–H groups in total. The smallest absolute Gasteiger partial charge is 0.251 e. The van der Waals surface area contributed by atoms with Crippen LogP contribution in [0.25, 0.3) is 0 Å². The van der Waals surface area contributed by atoms with Crippen LogP contribution in [0.5, 0.6) is 0 Å². The van der Waals surface area contributed by atoms with E-state index in [-0.39, 0.29) is 24.4 Å². The van der Waals surface area contributed by atoms with E-state index in [2.05, 4.69) is 34.6 Å². The third kappa shape index (κ3) is 5.19. The lowest BCUT2D eigenvalue weighted by Crippen LogP contribution is -2.63. The first-order valence-electron chi connectivity index (χ1n) is 11.5. The highest BCUT2D eigenvalue weighted by atomic mass is 16.3. The molecule has 2 aromatic carbocycles. The van der Waals surface area contributed by atoms with E-state index in [1.54, 1.807) is 12.1 Å². The highest BCUT2D eigenvalue weighted by Crippen LogP contribution is 2.39. The molecule has 1 aliphatic heterocycles. The summed E-state index contributed by atoms with van der Waals surface area (Å²) in [7, 11) is 0. The van der Waals surface area contributed by atoms with Crippen molar-refractivity contribution in [3.63, 3.8) is 0 Å². The largest absolute Gasteiger partial charge is 0.385 e. The van der Waals surface area contributed by atoms with E-state index in [1.165, 1.54) is 5.56 Å². The molecule has 0 spiro atoms. The Kier molecular flexibility index (Phi) is 6.63. The molecule has 2 aromatic rings. The first-order valence-corrected chi connectivity index (χ1v) is 11.5. The summed E-state index contributed by atoms with van der Waals surface area (Å²) in [6.45, 7) is 5.62. The van der Waals surface area contributed by atoms with Gasteiger partial charge in [-0.1, -0.05) is 47.5 Å². The van der Waals surface area contributed by atoms with Crippen molar-refractivity contribution in [3.8, 4) is 0 Å². The van der Waals surface area contributed by atoms with Crippen molar-refractivity contribution < 1.29 is 14.7 Å². The van der Waals surface area contributed by atoms with Gasteiger partial charge in [0.1, 0.15) is 0 Å². The molecule has 1 saturated carbocycles. The van der Waals surface area contributed by atoms with E-state index >= 15 is 0 Å². The molecule has 0 unspecified atom stereocenters. The van der Waals surface area contributed by atoms with Gasteiger partial charge in [0.25, 0.3) is 5.91 Å². The van der Waals surface area contributed by atoms with Crippen molar-refractivity contribution in [2.75, 3.05) is 19.6 Å². The lowest BCUT2D eigenvalue weighted by atomic mass is 9.76. The molecule has 170 valence electrons. The van der Waals surface area contributed by atoms with Gasteiger partial charge in [0, 0.05) is 24.7 Å². The average molecular weight is 436 g/mol. The van der Waals surface area contributed by atoms with Crippen LogP contribution in [-0.2, 0) is 10.4 Å². The zero-order valence-electron chi connectivity index (χ0n) is 18.9. The number of nitrogens with zero attached hydrogens (tertiary/aromatic N) is 1. The maximum atomic E-state index is 12.2. The zero-order chi connectivity index (χ0) is 22.7. The molecule has 2 amide bonds. The van der Waals surface area contributed by atoms with E-state index < -0.39 is 5.60 Å². The Hall–Kier alpha value is -2.70. The van der Waals surface area contributed by atoms with Gasteiger partial charge in [-0.05, 0) is 57.2 Å². The fourth-order valence-corrected chi connectivity index (χ4v) is 4.83. The number of hydrogen-bond acceptors (Lipinski definition) is 4. The Morgan fingerprint density at radius 1 is 1.03 bits per heavy atom. The van der Waals surface area contributed by atoms with Crippen molar-refractivity contribution in [1.82, 2.24) is 15.5 Å². The number of rotatable bonds is 6. The second kappa shape index (κ2) is 9.43. The molecule has 4 rings (SSSR count). The van der Waals surface area contributed by atoms with Crippen LogP contribution in [0.4, 0.5) is 0 Å². The minimum Gasteiger partial charge on any atom is -0.385 e. The molecule has 0 aromatic heterocycles. The normalized spacial score (nSPS) is 23.9. The average Bonchev–Trinajstić information content (AvgIpc) is 2.75. The summed E-state index contributed by atoms with van der Waals surface area (Å²) in [5, 5.41) is 16.8. The van der Waals surface area contributed by atoms with Crippen LogP contribution < -0.4 is 10.6 Å². The van der Waals surface area contributed by atoms with Crippen molar-refractivity contribution in [2.24, 2.45) is 0 Å². The molecule has 2 fully saturated rings.